The second-order valence-electron chi connectivity index (χ2n) is 6.09. The Morgan fingerprint density at radius 2 is 2.11 bits per heavy atom. The Kier molecular flexibility index (Phi) is 2.62. The zero-order valence-electron chi connectivity index (χ0n) is 11.5. The Bertz CT molecular complexity index is 604. The number of hydrogen-bond acceptors (Lipinski definition) is 2. The largest absolute Gasteiger partial charge is 0.331 e. The third kappa shape index (κ3) is 1.96. The number of nitrogens with zero attached hydrogens (tertiary/aromatic N) is 2. The van der Waals surface area contributed by atoms with Crippen molar-refractivity contribution in [2.75, 3.05) is 13.1 Å². The molecular weight excluding hydrogens is 234 g/mol. The quantitative estimate of drug-likeness (QED) is 0.894. The predicted octanol–water partition coefficient (Wildman–Crippen LogP) is 2.92. The van der Waals surface area contributed by atoms with Crippen LogP contribution in [-0.4, -0.2) is 22.6 Å². The van der Waals surface area contributed by atoms with Crippen LogP contribution in [0.4, 0.5) is 0 Å². The van der Waals surface area contributed by atoms with E-state index >= 15 is 0 Å². The van der Waals surface area contributed by atoms with Gasteiger partial charge in [-0.3, -0.25) is 0 Å². The van der Waals surface area contributed by atoms with Crippen LogP contribution < -0.4 is 5.32 Å². The lowest BCUT2D eigenvalue weighted by molar-refractivity contribution is 0.462. The smallest absolute Gasteiger partial charge is 0.112 e. The third-order valence-corrected chi connectivity index (χ3v) is 4.65. The average molecular weight is 255 g/mol. The van der Waals surface area contributed by atoms with Crippen LogP contribution in [0, 0.1) is 0 Å². The predicted molar refractivity (Wildman–Crippen MR) is 77.5 cm³/mol. The van der Waals surface area contributed by atoms with Crippen LogP contribution in [0.3, 0.4) is 0 Å². The zero-order valence-corrected chi connectivity index (χ0v) is 11.5. The second-order valence-corrected chi connectivity index (χ2v) is 6.09. The molecule has 0 spiro atoms. The monoisotopic (exact) mass is 255 g/mol. The lowest BCUT2D eigenvalue weighted by atomic mass is 9.91. The number of fused-ring (bicyclic) bond motifs is 1. The first-order valence-electron chi connectivity index (χ1n) is 7.50. The molecule has 0 radical (unpaired) electrons. The molecule has 1 saturated carbocycles. The normalized spacial score (nSPS) is 23.9. The molecule has 2 fully saturated rings. The summed E-state index contributed by atoms with van der Waals surface area (Å²) >= 11 is 0. The standard InChI is InChI=1S/C16H21N3/c1-19-15-9-12(13-3-2-8-17-10-13)6-7-14(15)18-16(19)11-4-5-11/h6-7,9,11,13,17H,2-5,8,10H2,1H3. The summed E-state index contributed by atoms with van der Waals surface area (Å²) in [5.74, 6) is 2.68. The molecule has 1 unspecified atom stereocenters. The van der Waals surface area contributed by atoms with E-state index in [0.29, 0.717) is 5.92 Å². The van der Waals surface area contributed by atoms with E-state index in [9.17, 15) is 0 Å². The average Bonchev–Trinajstić information content (AvgIpc) is 3.25. The lowest BCUT2D eigenvalue weighted by Crippen LogP contribution is -2.28. The summed E-state index contributed by atoms with van der Waals surface area (Å²) in [6, 6.07) is 6.86. The molecule has 2 aromatic rings. The summed E-state index contributed by atoms with van der Waals surface area (Å²) in [7, 11) is 2.17. The van der Waals surface area contributed by atoms with Crippen molar-refractivity contribution < 1.29 is 0 Å². The first-order valence-corrected chi connectivity index (χ1v) is 7.50. The first-order chi connectivity index (χ1) is 9.33. The number of piperidine rings is 1. The van der Waals surface area contributed by atoms with Gasteiger partial charge in [-0.2, -0.15) is 0 Å². The van der Waals surface area contributed by atoms with E-state index in [1.54, 1.807) is 0 Å². The number of nitrogens with one attached hydrogen (secondary N) is 1. The van der Waals surface area contributed by atoms with Gasteiger partial charge in [0.05, 0.1) is 11.0 Å². The second kappa shape index (κ2) is 4.34. The van der Waals surface area contributed by atoms with Crippen molar-refractivity contribution in [2.45, 2.75) is 37.5 Å². The van der Waals surface area contributed by atoms with Crippen LogP contribution >= 0.6 is 0 Å². The maximum Gasteiger partial charge on any atom is 0.112 e. The highest BCUT2D eigenvalue weighted by Gasteiger charge is 2.28. The molecule has 1 N–H and O–H groups in total. The highest BCUT2D eigenvalue weighted by Crippen LogP contribution is 2.40. The third-order valence-electron chi connectivity index (χ3n) is 4.65. The number of rotatable bonds is 2. The maximum absolute atomic E-state index is 4.81. The van der Waals surface area contributed by atoms with Gasteiger partial charge < -0.3 is 9.88 Å². The fourth-order valence-corrected chi connectivity index (χ4v) is 3.32. The topological polar surface area (TPSA) is 29.9 Å². The molecule has 100 valence electrons. The molecule has 1 aliphatic heterocycles. The van der Waals surface area contributed by atoms with Crippen molar-refractivity contribution in [1.29, 1.82) is 0 Å². The summed E-state index contributed by atoms with van der Waals surface area (Å²) in [4.78, 5) is 4.81. The Morgan fingerprint density at radius 1 is 1.21 bits per heavy atom. The molecule has 0 bridgehead atoms. The van der Waals surface area contributed by atoms with Gasteiger partial charge in [-0.15, -0.1) is 0 Å². The SMILES string of the molecule is Cn1c(C2CC2)nc2ccc(C3CCCNC3)cc21. The number of aromatic nitrogens is 2. The van der Waals surface area contributed by atoms with E-state index < -0.39 is 0 Å². The summed E-state index contributed by atoms with van der Waals surface area (Å²) in [6.45, 7) is 2.30. The summed E-state index contributed by atoms with van der Waals surface area (Å²) < 4.78 is 2.31. The van der Waals surface area contributed by atoms with Gasteiger partial charge in [-0.25, -0.2) is 4.98 Å². The fourth-order valence-electron chi connectivity index (χ4n) is 3.32. The molecule has 1 aromatic heterocycles. The molecule has 1 atom stereocenters. The molecule has 3 heteroatoms. The highest BCUT2D eigenvalue weighted by molar-refractivity contribution is 5.77. The van der Waals surface area contributed by atoms with Crippen molar-refractivity contribution in [3.05, 3.63) is 29.6 Å². The van der Waals surface area contributed by atoms with Gasteiger partial charge in [0.25, 0.3) is 0 Å². The lowest BCUT2D eigenvalue weighted by Gasteiger charge is -2.23. The van der Waals surface area contributed by atoms with Crippen molar-refractivity contribution in [3.8, 4) is 0 Å². The minimum Gasteiger partial charge on any atom is -0.331 e. The number of imidazole rings is 1. The van der Waals surface area contributed by atoms with Crippen molar-refractivity contribution in [2.24, 2.45) is 7.05 Å². The molecule has 2 heterocycles. The van der Waals surface area contributed by atoms with Crippen molar-refractivity contribution >= 4 is 11.0 Å². The van der Waals surface area contributed by atoms with Gasteiger partial charge in [0.15, 0.2) is 0 Å². The molecule has 1 aliphatic carbocycles. The van der Waals surface area contributed by atoms with Gasteiger partial charge in [-0.05, 0) is 55.8 Å². The molecule has 1 aromatic carbocycles. The van der Waals surface area contributed by atoms with E-state index in [0.717, 1.165) is 18.0 Å². The van der Waals surface area contributed by atoms with Crippen LogP contribution in [0.15, 0.2) is 18.2 Å². The van der Waals surface area contributed by atoms with Gasteiger partial charge in [0.2, 0.25) is 0 Å². The van der Waals surface area contributed by atoms with Crippen LogP contribution in [0.1, 0.15) is 48.9 Å². The Morgan fingerprint density at radius 3 is 2.84 bits per heavy atom. The highest BCUT2D eigenvalue weighted by atomic mass is 15.1. The minimum absolute atomic E-state index is 0.678. The molecule has 3 nitrogen and oxygen atoms in total. The summed E-state index contributed by atoms with van der Waals surface area (Å²) in [5, 5.41) is 3.51. The van der Waals surface area contributed by atoms with E-state index in [4.69, 9.17) is 4.98 Å². The first kappa shape index (κ1) is 11.5. The van der Waals surface area contributed by atoms with E-state index in [1.165, 1.54) is 49.1 Å². The Labute approximate surface area is 114 Å². The molecular formula is C16H21N3. The van der Waals surface area contributed by atoms with Gasteiger partial charge in [0.1, 0.15) is 5.82 Å². The zero-order chi connectivity index (χ0) is 12.8. The molecule has 19 heavy (non-hydrogen) atoms. The van der Waals surface area contributed by atoms with E-state index in [1.807, 2.05) is 0 Å². The Balaban J connectivity index is 1.75. The van der Waals surface area contributed by atoms with Gasteiger partial charge >= 0.3 is 0 Å². The van der Waals surface area contributed by atoms with Crippen LogP contribution in [0.5, 0.6) is 0 Å². The summed E-state index contributed by atoms with van der Waals surface area (Å²) in [5.41, 5.74) is 3.95. The molecule has 1 saturated heterocycles. The van der Waals surface area contributed by atoms with Crippen LogP contribution in [-0.2, 0) is 7.05 Å². The Hall–Kier alpha value is -1.35. The molecule has 0 amide bonds. The maximum atomic E-state index is 4.81. The fraction of sp³-hybridized carbons (Fsp3) is 0.562. The van der Waals surface area contributed by atoms with Crippen LogP contribution in [0.25, 0.3) is 11.0 Å². The molecule has 2 aliphatic rings. The van der Waals surface area contributed by atoms with Gasteiger partial charge in [0, 0.05) is 19.5 Å². The van der Waals surface area contributed by atoms with Crippen molar-refractivity contribution in [1.82, 2.24) is 14.9 Å². The van der Waals surface area contributed by atoms with E-state index in [-0.39, 0.29) is 0 Å². The van der Waals surface area contributed by atoms with Crippen molar-refractivity contribution in [3.63, 3.8) is 0 Å². The number of aryl methyl sites for hydroxylation is 1. The number of benzene rings is 1. The van der Waals surface area contributed by atoms with Gasteiger partial charge in [-0.1, -0.05) is 6.07 Å². The van der Waals surface area contributed by atoms with E-state index in [2.05, 4.69) is 35.1 Å². The summed E-state index contributed by atoms with van der Waals surface area (Å²) in [6.07, 6.45) is 5.24. The molecule has 4 rings (SSSR count). The minimum atomic E-state index is 0.678. The number of hydrogen-bond donors (Lipinski definition) is 1. The van der Waals surface area contributed by atoms with Crippen LogP contribution in [0.2, 0.25) is 0 Å².